The standard InChI is InChI=1S/C17H24N2O2/c1-2-12-21-16-7-4-3-6-14(16)13-18-11-5-8-17(20)19-15-9-10-15/h2-4,6-7,15,18H,1,5,8-13H2,(H,19,20). The van der Waals surface area contributed by atoms with E-state index in [0.717, 1.165) is 43.7 Å². The summed E-state index contributed by atoms with van der Waals surface area (Å²) in [6.07, 6.45) is 5.48. The molecule has 0 aliphatic heterocycles. The van der Waals surface area contributed by atoms with Crippen LogP contribution in [0, 0.1) is 0 Å². The van der Waals surface area contributed by atoms with E-state index in [9.17, 15) is 4.79 Å². The van der Waals surface area contributed by atoms with Crippen molar-refractivity contribution in [2.45, 2.75) is 38.3 Å². The number of nitrogens with one attached hydrogen (secondary N) is 2. The van der Waals surface area contributed by atoms with Crippen LogP contribution in [0.4, 0.5) is 0 Å². The minimum absolute atomic E-state index is 0.175. The van der Waals surface area contributed by atoms with Crippen molar-refractivity contribution >= 4 is 5.91 Å². The summed E-state index contributed by atoms with van der Waals surface area (Å²) in [6.45, 7) is 5.74. The van der Waals surface area contributed by atoms with Gasteiger partial charge in [0.2, 0.25) is 5.91 Å². The monoisotopic (exact) mass is 288 g/mol. The Kier molecular flexibility index (Phi) is 6.28. The lowest BCUT2D eigenvalue weighted by molar-refractivity contribution is -0.121. The van der Waals surface area contributed by atoms with Crippen molar-refractivity contribution in [2.24, 2.45) is 0 Å². The second kappa shape index (κ2) is 8.47. The van der Waals surface area contributed by atoms with Gasteiger partial charge in [-0.1, -0.05) is 30.9 Å². The van der Waals surface area contributed by atoms with Crippen molar-refractivity contribution < 1.29 is 9.53 Å². The van der Waals surface area contributed by atoms with Gasteiger partial charge in [-0.3, -0.25) is 4.79 Å². The van der Waals surface area contributed by atoms with Crippen molar-refractivity contribution in [1.82, 2.24) is 10.6 Å². The zero-order chi connectivity index (χ0) is 14.9. The molecule has 2 rings (SSSR count). The topological polar surface area (TPSA) is 50.4 Å². The summed E-state index contributed by atoms with van der Waals surface area (Å²) in [7, 11) is 0. The van der Waals surface area contributed by atoms with Crippen LogP contribution < -0.4 is 15.4 Å². The molecule has 1 amide bonds. The van der Waals surface area contributed by atoms with Crippen LogP contribution in [-0.4, -0.2) is 25.1 Å². The van der Waals surface area contributed by atoms with E-state index in [2.05, 4.69) is 17.2 Å². The van der Waals surface area contributed by atoms with Gasteiger partial charge in [-0.05, 0) is 31.9 Å². The van der Waals surface area contributed by atoms with Crippen LogP contribution in [0.1, 0.15) is 31.2 Å². The Morgan fingerprint density at radius 1 is 1.38 bits per heavy atom. The molecular weight excluding hydrogens is 264 g/mol. The van der Waals surface area contributed by atoms with Crippen LogP contribution in [0.5, 0.6) is 5.75 Å². The Balaban J connectivity index is 1.63. The molecule has 0 saturated heterocycles. The summed E-state index contributed by atoms with van der Waals surface area (Å²) < 4.78 is 5.61. The van der Waals surface area contributed by atoms with E-state index < -0.39 is 0 Å². The molecule has 4 nitrogen and oxygen atoms in total. The third-order valence-corrected chi connectivity index (χ3v) is 3.34. The Labute approximate surface area is 126 Å². The normalized spacial score (nSPS) is 13.7. The number of rotatable bonds is 10. The Morgan fingerprint density at radius 3 is 2.95 bits per heavy atom. The molecule has 1 aliphatic carbocycles. The zero-order valence-electron chi connectivity index (χ0n) is 12.4. The molecule has 2 N–H and O–H groups in total. The molecule has 1 aliphatic rings. The number of carbonyl (C=O) groups excluding carboxylic acids is 1. The minimum atomic E-state index is 0.175. The summed E-state index contributed by atoms with van der Waals surface area (Å²) >= 11 is 0. The number of amides is 1. The van der Waals surface area contributed by atoms with Crippen LogP contribution >= 0.6 is 0 Å². The number of carbonyl (C=O) groups is 1. The van der Waals surface area contributed by atoms with E-state index >= 15 is 0 Å². The maximum atomic E-state index is 11.5. The number of hydrogen-bond acceptors (Lipinski definition) is 3. The van der Waals surface area contributed by atoms with E-state index in [1.807, 2.05) is 24.3 Å². The van der Waals surface area contributed by atoms with Gasteiger partial charge in [0.1, 0.15) is 12.4 Å². The summed E-state index contributed by atoms with van der Waals surface area (Å²) in [5.74, 6) is 1.06. The van der Waals surface area contributed by atoms with E-state index in [1.165, 1.54) is 0 Å². The molecule has 0 atom stereocenters. The molecular formula is C17H24N2O2. The van der Waals surface area contributed by atoms with Crippen LogP contribution in [0.2, 0.25) is 0 Å². The third-order valence-electron chi connectivity index (χ3n) is 3.34. The maximum absolute atomic E-state index is 11.5. The quantitative estimate of drug-likeness (QED) is 0.513. The molecule has 1 fully saturated rings. The number of hydrogen-bond donors (Lipinski definition) is 2. The van der Waals surface area contributed by atoms with Gasteiger partial charge in [0.25, 0.3) is 0 Å². The molecule has 1 aromatic rings. The van der Waals surface area contributed by atoms with Crippen LogP contribution in [0.25, 0.3) is 0 Å². The number of ether oxygens (including phenoxy) is 1. The molecule has 0 aromatic heterocycles. The van der Waals surface area contributed by atoms with Crippen molar-refractivity contribution in [2.75, 3.05) is 13.2 Å². The van der Waals surface area contributed by atoms with Gasteiger partial charge in [0.05, 0.1) is 0 Å². The lowest BCUT2D eigenvalue weighted by Gasteiger charge is -2.11. The highest BCUT2D eigenvalue weighted by molar-refractivity contribution is 5.76. The smallest absolute Gasteiger partial charge is 0.220 e. The van der Waals surface area contributed by atoms with Gasteiger partial charge in [-0.25, -0.2) is 0 Å². The van der Waals surface area contributed by atoms with Gasteiger partial charge in [-0.15, -0.1) is 0 Å². The molecule has 0 radical (unpaired) electrons. The highest BCUT2D eigenvalue weighted by atomic mass is 16.5. The number of benzene rings is 1. The van der Waals surface area contributed by atoms with Crippen molar-refractivity contribution in [3.8, 4) is 5.75 Å². The summed E-state index contributed by atoms with van der Waals surface area (Å²) in [5, 5.41) is 6.36. The molecule has 0 unspecified atom stereocenters. The van der Waals surface area contributed by atoms with Gasteiger partial charge in [0.15, 0.2) is 0 Å². The van der Waals surface area contributed by atoms with E-state index in [-0.39, 0.29) is 5.91 Å². The fraction of sp³-hybridized carbons (Fsp3) is 0.471. The molecule has 4 heteroatoms. The first kappa shape index (κ1) is 15.6. The van der Waals surface area contributed by atoms with Gasteiger partial charge >= 0.3 is 0 Å². The fourth-order valence-corrected chi connectivity index (χ4v) is 2.06. The zero-order valence-corrected chi connectivity index (χ0v) is 12.4. The molecule has 0 heterocycles. The van der Waals surface area contributed by atoms with Crippen molar-refractivity contribution in [3.05, 3.63) is 42.5 Å². The molecule has 0 bridgehead atoms. The second-order valence-electron chi connectivity index (χ2n) is 5.33. The molecule has 21 heavy (non-hydrogen) atoms. The molecule has 0 spiro atoms. The SMILES string of the molecule is C=CCOc1ccccc1CNCCCC(=O)NC1CC1. The van der Waals surface area contributed by atoms with Crippen LogP contribution in [-0.2, 0) is 11.3 Å². The summed E-state index contributed by atoms with van der Waals surface area (Å²) in [6, 6.07) is 8.43. The van der Waals surface area contributed by atoms with Gasteiger partial charge in [-0.2, -0.15) is 0 Å². The van der Waals surface area contributed by atoms with Crippen LogP contribution in [0.3, 0.4) is 0 Å². The van der Waals surface area contributed by atoms with Crippen LogP contribution in [0.15, 0.2) is 36.9 Å². The molecule has 1 saturated carbocycles. The third kappa shape index (κ3) is 6.00. The first-order valence-electron chi connectivity index (χ1n) is 7.61. The average Bonchev–Trinajstić information content (AvgIpc) is 3.29. The van der Waals surface area contributed by atoms with E-state index in [4.69, 9.17) is 4.74 Å². The van der Waals surface area contributed by atoms with Crippen molar-refractivity contribution in [3.63, 3.8) is 0 Å². The minimum Gasteiger partial charge on any atom is -0.489 e. The predicted octanol–water partition coefficient (Wildman–Crippen LogP) is 2.40. The first-order chi connectivity index (χ1) is 10.3. The number of para-hydroxylation sites is 1. The molecule has 114 valence electrons. The predicted molar refractivity (Wildman–Crippen MR) is 84.2 cm³/mol. The highest BCUT2D eigenvalue weighted by Gasteiger charge is 2.22. The fourth-order valence-electron chi connectivity index (χ4n) is 2.06. The Hall–Kier alpha value is -1.81. The lowest BCUT2D eigenvalue weighted by atomic mass is 10.2. The Bertz CT molecular complexity index is 470. The summed E-state index contributed by atoms with van der Waals surface area (Å²) in [5.41, 5.74) is 1.13. The summed E-state index contributed by atoms with van der Waals surface area (Å²) in [4.78, 5) is 11.5. The Morgan fingerprint density at radius 2 is 2.19 bits per heavy atom. The van der Waals surface area contributed by atoms with E-state index in [0.29, 0.717) is 19.1 Å². The molecule has 1 aromatic carbocycles. The van der Waals surface area contributed by atoms with Crippen molar-refractivity contribution in [1.29, 1.82) is 0 Å². The van der Waals surface area contributed by atoms with Gasteiger partial charge < -0.3 is 15.4 Å². The largest absolute Gasteiger partial charge is 0.489 e. The first-order valence-corrected chi connectivity index (χ1v) is 7.61. The lowest BCUT2D eigenvalue weighted by Crippen LogP contribution is -2.26. The van der Waals surface area contributed by atoms with Gasteiger partial charge in [0, 0.05) is 24.6 Å². The maximum Gasteiger partial charge on any atom is 0.220 e. The second-order valence-corrected chi connectivity index (χ2v) is 5.33. The van der Waals surface area contributed by atoms with E-state index in [1.54, 1.807) is 6.08 Å². The highest BCUT2D eigenvalue weighted by Crippen LogP contribution is 2.19. The average molecular weight is 288 g/mol.